The second kappa shape index (κ2) is 14.6. The molecule has 4 aliphatic rings. The van der Waals surface area contributed by atoms with Gasteiger partial charge in [0, 0.05) is 91.3 Å². The van der Waals surface area contributed by atoms with Crippen LogP contribution in [0, 0.1) is 0 Å². The molecule has 3 aliphatic heterocycles. The Labute approximate surface area is 421 Å². The van der Waals surface area contributed by atoms with E-state index in [1.54, 1.807) is 0 Å². The molecule has 14 rings (SSSR count). The number of benzene rings is 8. The van der Waals surface area contributed by atoms with Gasteiger partial charge in [-0.2, -0.15) is 0 Å². The number of anilines is 8. The molecule has 5 heterocycles. The molecule has 0 N–H and O–H groups in total. The summed E-state index contributed by atoms with van der Waals surface area (Å²) in [4.78, 5) is 8.14. The van der Waals surface area contributed by atoms with Gasteiger partial charge in [0.05, 0.1) is 5.54 Å². The van der Waals surface area contributed by atoms with Crippen molar-refractivity contribution < 1.29 is 0 Å². The standard InChI is InChI=1S/C64H58BN3S2/c1-61(2,3)39-23-28-49-52(33-39)66(41-26-30-58-47(35-41)45-18-10-14-22-57(45)69-58)54-36-43(68-51-20-12-11-19-48(51)63(7)31-15-16-32-64(63,68)8)37-55-60(54)65(49)50-29-24-40(62(4,5)6)34-53(50)67(55)42-25-27-46-44-17-9-13-21-56(44)70-59(46)38-42/h9-14,17-30,33-38H,15-16,31-32H2,1-8H3. The van der Waals surface area contributed by atoms with E-state index in [2.05, 4.69) is 228 Å². The van der Waals surface area contributed by atoms with Gasteiger partial charge in [0.1, 0.15) is 0 Å². The maximum Gasteiger partial charge on any atom is 0.252 e. The zero-order chi connectivity index (χ0) is 47.6. The number of thiophene rings is 2. The van der Waals surface area contributed by atoms with E-state index >= 15 is 0 Å². The second-order valence-corrected chi connectivity index (χ2v) is 25.4. The third-order valence-corrected chi connectivity index (χ3v) is 19.6. The third-order valence-electron chi connectivity index (χ3n) is 17.3. The minimum absolute atomic E-state index is 0.0105. The SMILES string of the molecule is CC(C)(C)c1ccc2c(c1)N(c1ccc3c(c1)sc1ccccc13)c1cc(N3c4ccccc4C4(C)CCCCC34C)cc3c1B2c1ccc(C(C)(C)C)cc1N3c1ccc2sc3ccccc3c2c1. The van der Waals surface area contributed by atoms with Gasteiger partial charge < -0.3 is 14.7 Å². The van der Waals surface area contributed by atoms with E-state index in [1.807, 2.05) is 22.7 Å². The highest BCUT2D eigenvalue weighted by molar-refractivity contribution is 7.26. The largest absolute Gasteiger partial charge is 0.334 e. The number of rotatable bonds is 3. The lowest BCUT2D eigenvalue weighted by molar-refractivity contribution is 0.195. The van der Waals surface area contributed by atoms with Crippen molar-refractivity contribution in [1.29, 1.82) is 0 Å². The smallest absolute Gasteiger partial charge is 0.252 e. The van der Waals surface area contributed by atoms with Gasteiger partial charge >= 0.3 is 0 Å². The van der Waals surface area contributed by atoms with Crippen LogP contribution in [0.1, 0.15) is 97.8 Å². The summed E-state index contributed by atoms with van der Waals surface area (Å²) in [6.07, 6.45) is 4.81. The molecule has 1 aliphatic carbocycles. The van der Waals surface area contributed by atoms with Crippen molar-refractivity contribution in [3.8, 4) is 0 Å². The average Bonchev–Trinajstić information content (AvgIpc) is 3.98. The Kier molecular flexibility index (Phi) is 8.88. The quantitative estimate of drug-likeness (QED) is 0.163. The van der Waals surface area contributed by atoms with E-state index in [1.165, 1.54) is 138 Å². The van der Waals surface area contributed by atoms with Gasteiger partial charge in [-0.05, 0) is 136 Å². The lowest BCUT2D eigenvalue weighted by Crippen LogP contribution is -2.61. The molecule has 70 heavy (non-hydrogen) atoms. The predicted octanol–water partition coefficient (Wildman–Crippen LogP) is 16.8. The molecule has 8 aromatic carbocycles. The van der Waals surface area contributed by atoms with Gasteiger partial charge in [-0.25, -0.2) is 0 Å². The van der Waals surface area contributed by atoms with Crippen LogP contribution in [0.3, 0.4) is 0 Å². The molecule has 2 aromatic heterocycles. The number of hydrogen-bond acceptors (Lipinski definition) is 5. The molecule has 0 radical (unpaired) electrons. The fraction of sp³-hybridized carbons (Fsp3) is 0.250. The molecule has 0 bridgehead atoms. The highest BCUT2D eigenvalue weighted by atomic mass is 32.1. The predicted molar refractivity (Wildman–Crippen MR) is 306 cm³/mol. The van der Waals surface area contributed by atoms with Crippen LogP contribution in [-0.4, -0.2) is 12.3 Å². The molecule has 0 spiro atoms. The minimum atomic E-state index is -0.118. The molecule has 2 atom stereocenters. The first-order chi connectivity index (χ1) is 33.7. The molecular formula is C64H58BN3S2. The highest BCUT2D eigenvalue weighted by Crippen LogP contribution is 2.62. The van der Waals surface area contributed by atoms with Crippen LogP contribution in [0.4, 0.5) is 45.5 Å². The Bertz CT molecular complexity index is 3850. The summed E-state index contributed by atoms with van der Waals surface area (Å²) in [7, 11) is 0. The number of para-hydroxylation sites is 1. The van der Waals surface area contributed by atoms with Crippen LogP contribution in [0.15, 0.2) is 158 Å². The Hall–Kier alpha value is -6.34. The summed E-state index contributed by atoms with van der Waals surface area (Å²) < 4.78 is 5.30. The summed E-state index contributed by atoms with van der Waals surface area (Å²) in [5, 5.41) is 5.29. The summed E-state index contributed by atoms with van der Waals surface area (Å²) in [5.74, 6) is 0. The van der Waals surface area contributed by atoms with Gasteiger partial charge in [0.15, 0.2) is 0 Å². The molecule has 10 aromatic rings. The van der Waals surface area contributed by atoms with Crippen LogP contribution in [0.25, 0.3) is 40.3 Å². The fourth-order valence-electron chi connectivity index (χ4n) is 13.4. The average molecular weight is 944 g/mol. The van der Waals surface area contributed by atoms with Crippen LogP contribution >= 0.6 is 22.7 Å². The zero-order valence-corrected chi connectivity index (χ0v) is 43.2. The molecule has 0 amide bonds. The lowest BCUT2D eigenvalue weighted by Gasteiger charge is -2.51. The molecule has 1 saturated carbocycles. The third kappa shape index (κ3) is 5.87. The van der Waals surface area contributed by atoms with Gasteiger partial charge in [0.2, 0.25) is 0 Å². The Balaban J connectivity index is 1.12. The number of nitrogens with zero attached hydrogens (tertiary/aromatic N) is 3. The summed E-state index contributed by atoms with van der Waals surface area (Å²) in [6.45, 7) is 19.3. The Morgan fingerprint density at radius 2 is 0.971 bits per heavy atom. The zero-order valence-electron chi connectivity index (χ0n) is 41.6. The van der Waals surface area contributed by atoms with Crippen LogP contribution in [0.2, 0.25) is 0 Å². The molecule has 3 nitrogen and oxygen atoms in total. The number of fused-ring (bicyclic) bond motifs is 13. The lowest BCUT2D eigenvalue weighted by atomic mass is 9.33. The van der Waals surface area contributed by atoms with Crippen molar-refractivity contribution in [2.45, 2.75) is 103 Å². The Morgan fingerprint density at radius 3 is 1.63 bits per heavy atom. The first kappa shape index (κ1) is 42.5. The Morgan fingerprint density at radius 1 is 0.443 bits per heavy atom. The second-order valence-electron chi connectivity index (χ2n) is 23.3. The van der Waals surface area contributed by atoms with Crippen molar-refractivity contribution in [1.82, 2.24) is 0 Å². The van der Waals surface area contributed by atoms with E-state index in [4.69, 9.17) is 0 Å². The minimum Gasteiger partial charge on any atom is -0.334 e. The van der Waals surface area contributed by atoms with E-state index in [0.29, 0.717) is 0 Å². The maximum absolute atomic E-state index is 2.80. The molecule has 344 valence electrons. The van der Waals surface area contributed by atoms with Gasteiger partial charge in [-0.1, -0.05) is 146 Å². The molecular weight excluding hydrogens is 886 g/mol. The summed E-state index contributed by atoms with van der Waals surface area (Å²) in [5.41, 5.74) is 18.1. The summed E-state index contributed by atoms with van der Waals surface area (Å²) >= 11 is 3.80. The maximum atomic E-state index is 2.80. The molecule has 6 heteroatoms. The van der Waals surface area contributed by atoms with Crippen LogP contribution in [-0.2, 0) is 16.2 Å². The molecule has 0 saturated heterocycles. The van der Waals surface area contributed by atoms with Gasteiger partial charge in [0.25, 0.3) is 6.71 Å². The molecule has 2 unspecified atom stereocenters. The van der Waals surface area contributed by atoms with Gasteiger partial charge in [-0.15, -0.1) is 22.7 Å². The van der Waals surface area contributed by atoms with Crippen LogP contribution in [0.5, 0.6) is 0 Å². The summed E-state index contributed by atoms with van der Waals surface area (Å²) in [6, 6.07) is 61.9. The van der Waals surface area contributed by atoms with E-state index in [9.17, 15) is 0 Å². The van der Waals surface area contributed by atoms with E-state index in [-0.39, 0.29) is 28.5 Å². The number of hydrogen-bond donors (Lipinski definition) is 0. The van der Waals surface area contributed by atoms with Crippen molar-refractivity contribution in [3.63, 3.8) is 0 Å². The monoisotopic (exact) mass is 943 g/mol. The van der Waals surface area contributed by atoms with E-state index < -0.39 is 0 Å². The first-order valence-corrected chi connectivity index (χ1v) is 27.1. The van der Waals surface area contributed by atoms with Crippen molar-refractivity contribution >= 4 is 132 Å². The first-order valence-electron chi connectivity index (χ1n) is 25.5. The normalized spacial score (nSPS) is 19.5. The van der Waals surface area contributed by atoms with Crippen molar-refractivity contribution in [2.75, 3.05) is 14.7 Å². The highest BCUT2D eigenvalue weighted by Gasteiger charge is 2.58. The topological polar surface area (TPSA) is 9.72 Å². The fourth-order valence-corrected chi connectivity index (χ4v) is 15.6. The van der Waals surface area contributed by atoms with Gasteiger partial charge in [-0.3, -0.25) is 0 Å². The van der Waals surface area contributed by atoms with Crippen LogP contribution < -0.4 is 31.1 Å². The van der Waals surface area contributed by atoms with Crippen molar-refractivity contribution in [2.24, 2.45) is 0 Å². The van der Waals surface area contributed by atoms with Crippen molar-refractivity contribution in [3.05, 3.63) is 174 Å². The van der Waals surface area contributed by atoms with E-state index in [0.717, 1.165) is 6.42 Å². The molecule has 1 fully saturated rings.